The number of nitrogens with two attached hydrogens (primary N) is 1. The molecule has 1 aromatic heterocycles. The standard InChI is InChI=1S/C14H18N4O2/c1-17(2)9-10-20-14(19)12-7-8-18(16-12)13-6-4-3-5-11(13)15/h3-8H,9-10,15H2,1-2H3. The highest BCUT2D eigenvalue weighted by atomic mass is 16.5. The summed E-state index contributed by atoms with van der Waals surface area (Å²) in [5, 5.41) is 4.19. The molecule has 0 saturated heterocycles. The van der Waals surface area contributed by atoms with Crippen molar-refractivity contribution in [3.63, 3.8) is 0 Å². The number of carbonyl (C=O) groups is 1. The summed E-state index contributed by atoms with van der Waals surface area (Å²) in [6.07, 6.45) is 1.69. The summed E-state index contributed by atoms with van der Waals surface area (Å²) >= 11 is 0. The van der Waals surface area contributed by atoms with Gasteiger partial charge >= 0.3 is 5.97 Å². The van der Waals surface area contributed by atoms with E-state index in [1.165, 1.54) is 0 Å². The summed E-state index contributed by atoms with van der Waals surface area (Å²) in [4.78, 5) is 13.7. The SMILES string of the molecule is CN(C)CCOC(=O)c1ccn(-c2ccccc2N)n1. The van der Waals surface area contributed by atoms with E-state index in [-0.39, 0.29) is 5.69 Å². The van der Waals surface area contributed by atoms with Crippen molar-refractivity contribution in [1.82, 2.24) is 14.7 Å². The quantitative estimate of drug-likeness (QED) is 0.654. The van der Waals surface area contributed by atoms with Crippen molar-refractivity contribution in [3.8, 4) is 5.69 Å². The van der Waals surface area contributed by atoms with Gasteiger partial charge in [-0.2, -0.15) is 5.10 Å². The normalized spacial score (nSPS) is 10.8. The van der Waals surface area contributed by atoms with E-state index in [0.29, 0.717) is 18.8 Å². The molecule has 0 fully saturated rings. The van der Waals surface area contributed by atoms with Crippen LogP contribution in [0.2, 0.25) is 0 Å². The first-order chi connectivity index (χ1) is 9.58. The minimum Gasteiger partial charge on any atom is -0.460 e. The first kappa shape index (κ1) is 14.1. The Morgan fingerprint density at radius 1 is 1.35 bits per heavy atom. The van der Waals surface area contributed by atoms with Crippen LogP contribution >= 0.6 is 0 Å². The molecule has 0 aliphatic carbocycles. The molecule has 106 valence electrons. The van der Waals surface area contributed by atoms with Gasteiger partial charge in [-0.05, 0) is 32.3 Å². The van der Waals surface area contributed by atoms with Crippen LogP contribution < -0.4 is 5.73 Å². The number of likely N-dealkylation sites (N-methyl/N-ethyl adjacent to an activating group) is 1. The topological polar surface area (TPSA) is 73.4 Å². The Hall–Kier alpha value is -2.34. The van der Waals surface area contributed by atoms with Gasteiger partial charge in [-0.15, -0.1) is 0 Å². The van der Waals surface area contributed by atoms with Crippen LogP contribution in [0.1, 0.15) is 10.5 Å². The number of rotatable bonds is 5. The van der Waals surface area contributed by atoms with E-state index in [9.17, 15) is 4.79 Å². The molecule has 20 heavy (non-hydrogen) atoms. The van der Waals surface area contributed by atoms with Crippen LogP contribution in [-0.4, -0.2) is 47.9 Å². The molecule has 1 heterocycles. The highest BCUT2D eigenvalue weighted by Crippen LogP contribution is 2.15. The number of benzene rings is 1. The van der Waals surface area contributed by atoms with Crippen LogP contribution in [0.4, 0.5) is 5.69 Å². The minimum absolute atomic E-state index is 0.270. The number of hydrogen-bond donors (Lipinski definition) is 1. The molecule has 1 aromatic carbocycles. The number of aromatic nitrogens is 2. The predicted molar refractivity (Wildman–Crippen MR) is 76.8 cm³/mol. The van der Waals surface area contributed by atoms with Crippen molar-refractivity contribution in [1.29, 1.82) is 0 Å². The van der Waals surface area contributed by atoms with Gasteiger partial charge < -0.3 is 15.4 Å². The maximum absolute atomic E-state index is 11.8. The Balaban J connectivity index is 2.06. The number of ether oxygens (including phenoxy) is 1. The molecule has 2 aromatic rings. The van der Waals surface area contributed by atoms with Crippen LogP contribution in [0, 0.1) is 0 Å². The Kier molecular flexibility index (Phi) is 4.37. The van der Waals surface area contributed by atoms with E-state index < -0.39 is 5.97 Å². The zero-order valence-corrected chi connectivity index (χ0v) is 11.6. The number of carbonyl (C=O) groups excluding carboxylic acids is 1. The van der Waals surface area contributed by atoms with Gasteiger partial charge in [0.25, 0.3) is 0 Å². The van der Waals surface area contributed by atoms with Crippen LogP contribution in [-0.2, 0) is 4.74 Å². The second-order valence-electron chi connectivity index (χ2n) is 4.64. The number of esters is 1. The Bertz CT molecular complexity index is 592. The molecule has 2 N–H and O–H groups in total. The highest BCUT2D eigenvalue weighted by Gasteiger charge is 2.12. The Morgan fingerprint density at radius 2 is 2.10 bits per heavy atom. The van der Waals surface area contributed by atoms with Crippen LogP contribution in [0.15, 0.2) is 36.5 Å². The van der Waals surface area contributed by atoms with Gasteiger partial charge in [0.05, 0.1) is 11.4 Å². The number of para-hydroxylation sites is 2. The molecular formula is C14H18N4O2. The van der Waals surface area contributed by atoms with Gasteiger partial charge in [-0.3, -0.25) is 0 Å². The van der Waals surface area contributed by atoms with Gasteiger partial charge in [-0.25, -0.2) is 9.48 Å². The summed E-state index contributed by atoms with van der Waals surface area (Å²) in [5.74, 6) is -0.430. The van der Waals surface area contributed by atoms with E-state index in [2.05, 4.69) is 5.10 Å². The van der Waals surface area contributed by atoms with Crippen molar-refractivity contribution < 1.29 is 9.53 Å². The van der Waals surface area contributed by atoms with E-state index in [0.717, 1.165) is 5.69 Å². The molecule has 0 aliphatic rings. The lowest BCUT2D eigenvalue weighted by atomic mass is 10.3. The summed E-state index contributed by atoms with van der Waals surface area (Å²) in [7, 11) is 3.83. The van der Waals surface area contributed by atoms with E-state index in [1.807, 2.05) is 37.2 Å². The first-order valence-corrected chi connectivity index (χ1v) is 6.30. The maximum Gasteiger partial charge on any atom is 0.358 e. The number of hydrogen-bond acceptors (Lipinski definition) is 5. The van der Waals surface area contributed by atoms with Crippen molar-refractivity contribution in [2.24, 2.45) is 0 Å². The lowest BCUT2D eigenvalue weighted by molar-refractivity contribution is 0.0474. The van der Waals surface area contributed by atoms with Crippen LogP contribution in [0.25, 0.3) is 5.69 Å². The number of nitrogens with zero attached hydrogens (tertiary/aromatic N) is 3. The monoisotopic (exact) mass is 274 g/mol. The van der Waals surface area contributed by atoms with Gasteiger partial charge in [0.1, 0.15) is 6.61 Å². The van der Waals surface area contributed by atoms with Gasteiger partial charge in [-0.1, -0.05) is 12.1 Å². The zero-order valence-electron chi connectivity index (χ0n) is 11.6. The van der Waals surface area contributed by atoms with Gasteiger partial charge in [0.2, 0.25) is 0 Å². The largest absolute Gasteiger partial charge is 0.460 e. The van der Waals surface area contributed by atoms with Gasteiger partial charge in [0, 0.05) is 12.7 Å². The molecule has 6 nitrogen and oxygen atoms in total. The second kappa shape index (κ2) is 6.21. The average molecular weight is 274 g/mol. The number of anilines is 1. The Labute approximate surface area is 117 Å². The maximum atomic E-state index is 11.8. The third-order valence-corrected chi connectivity index (χ3v) is 2.75. The van der Waals surface area contributed by atoms with Crippen molar-refractivity contribution in [3.05, 3.63) is 42.2 Å². The van der Waals surface area contributed by atoms with Gasteiger partial charge in [0.15, 0.2) is 5.69 Å². The van der Waals surface area contributed by atoms with E-state index in [4.69, 9.17) is 10.5 Å². The van der Waals surface area contributed by atoms with Crippen molar-refractivity contribution >= 4 is 11.7 Å². The van der Waals surface area contributed by atoms with E-state index in [1.54, 1.807) is 23.0 Å². The third kappa shape index (κ3) is 3.36. The predicted octanol–water partition coefficient (Wildman–Crippen LogP) is 1.17. The molecule has 0 amide bonds. The average Bonchev–Trinajstić information content (AvgIpc) is 2.88. The second-order valence-corrected chi connectivity index (χ2v) is 4.64. The first-order valence-electron chi connectivity index (χ1n) is 6.30. The smallest absolute Gasteiger partial charge is 0.358 e. The fraction of sp³-hybridized carbons (Fsp3) is 0.286. The molecule has 0 saturated carbocycles. The molecule has 0 bridgehead atoms. The fourth-order valence-corrected chi connectivity index (χ4v) is 1.66. The molecule has 6 heteroatoms. The van der Waals surface area contributed by atoms with E-state index >= 15 is 0 Å². The minimum atomic E-state index is -0.430. The van der Waals surface area contributed by atoms with Crippen LogP contribution in [0.3, 0.4) is 0 Å². The molecule has 0 atom stereocenters. The van der Waals surface area contributed by atoms with Crippen molar-refractivity contribution in [2.75, 3.05) is 33.0 Å². The molecule has 0 aliphatic heterocycles. The summed E-state index contributed by atoms with van der Waals surface area (Å²) < 4.78 is 6.70. The molecule has 0 radical (unpaired) electrons. The molecule has 0 spiro atoms. The van der Waals surface area contributed by atoms with Crippen molar-refractivity contribution in [2.45, 2.75) is 0 Å². The summed E-state index contributed by atoms with van der Waals surface area (Å²) in [6, 6.07) is 8.95. The summed E-state index contributed by atoms with van der Waals surface area (Å²) in [6.45, 7) is 1.02. The zero-order chi connectivity index (χ0) is 14.5. The highest BCUT2D eigenvalue weighted by molar-refractivity contribution is 5.87. The molecule has 0 unspecified atom stereocenters. The summed E-state index contributed by atoms with van der Waals surface area (Å²) in [5.41, 5.74) is 7.48. The lowest BCUT2D eigenvalue weighted by Gasteiger charge is -2.09. The molecular weight excluding hydrogens is 256 g/mol. The third-order valence-electron chi connectivity index (χ3n) is 2.75. The van der Waals surface area contributed by atoms with Crippen LogP contribution in [0.5, 0.6) is 0 Å². The number of nitrogen functional groups attached to an aromatic ring is 1. The molecule has 2 rings (SSSR count). The lowest BCUT2D eigenvalue weighted by Crippen LogP contribution is -2.20. The fourth-order valence-electron chi connectivity index (χ4n) is 1.66. The Morgan fingerprint density at radius 3 is 2.80 bits per heavy atom.